The molecule has 0 bridgehead atoms. The van der Waals surface area contributed by atoms with Gasteiger partial charge in [0.2, 0.25) is 0 Å². The Labute approximate surface area is 136 Å². The third kappa shape index (κ3) is 3.70. The summed E-state index contributed by atoms with van der Waals surface area (Å²) in [5.41, 5.74) is 3.87. The van der Waals surface area contributed by atoms with E-state index in [1.165, 1.54) is 24.8 Å². The average Bonchev–Trinajstić information content (AvgIpc) is 3.05. The van der Waals surface area contributed by atoms with Gasteiger partial charge in [-0.3, -0.25) is 4.79 Å². The molecule has 0 saturated heterocycles. The number of carbonyl (C=O) groups is 1. The lowest BCUT2D eigenvalue weighted by molar-refractivity contribution is -0.123. The molecule has 0 aliphatic carbocycles. The number of amides is 1. The maximum Gasteiger partial charge on any atom is 0.336 e. The van der Waals surface area contributed by atoms with Crippen molar-refractivity contribution in [2.24, 2.45) is 5.10 Å². The highest BCUT2D eigenvalue weighted by Gasteiger charge is 2.06. The molecule has 3 aromatic rings. The van der Waals surface area contributed by atoms with E-state index >= 15 is 0 Å². The second-order valence-electron chi connectivity index (χ2n) is 5.04. The van der Waals surface area contributed by atoms with E-state index in [0.29, 0.717) is 11.3 Å². The number of hydrogen-bond acceptors (Lipinski definition) is 6. The van der Waals surface area contributed by atoms with Gasteiger partial charge in [0.05, 0.1) is 18.7 Å². The number of ether oxygens (including phenoxy) is 1. The van der Waals surface area contributed by atoms with Gasteiger partial charge < -0.3 is 13.6 Å². The van der Waals surface area contributed by atoms with Crippen molar-refractivity contribution in [3.8, 4) is 5.75 Å². The van der Waals surface area contributed by atoms with E-state index < -0.39 is 11.5 Å². The zero-order valence-corrected chi connectivity index (χ0v) is 12.8. The monoisotopic (exact) mass is 326 g/mol. The highest BCUT2D eigenvalue weighted by molar-refractivity contribution is 5.83. The van der Waals surface area contributed by atoms with E-state index in [9.17, 15) is 9.59 Å². The molecule has 0 fully saturated rings. The molecular weight excluding hydrogens is 312 g/mol. The van der Waals surface area contributed by atoms with Gasteiger partial charge in [0.25, 0.3) is 5.91 Å². The molecule has 0 aliphatic rings. The summed E-state index contributed by atoms with van der Waals surface area (Å²) in [6.07, 6.45) is 4.46. The first-order valence-electron chi connectivity index (χ1n) is 7.13. The Morgan fingerprint density at radius 2 is 2.21 bits per heavy atom. The van der Waals surface area contributed by atoms with Gasteiger partial charge in [-0.2, -0.15) is 5.10 Å². The van der Waals surface area contributed by atoms with Crippen LogP contribution in [0, 0.1) is 6.92 Å². The van der Waals surface area contributed by atoms with Crippen LogP contribution >= 0.6 is 0 Å². The average molecular weight is 326 g/mol. The number of benzene rings is 1. The van der Waals surface area contributed by atoms with Crippen molar-refractivity contribution in [2.75, 3.05) is 6.61 Å². The van der Waals surface area contributed by atoms with Crippen LogP contribution in [0.1, 0.15) is 11.1 Å². The van der Waals surface area contributed by atoms with Crippen molar-refractivity contribution in [3.63, 3.8) is 0 Å². The van der Waals surface area contributed by atoms with Gasteiger partial charge in [-0.25, -0.2) is 10.2 Å². The number of carbonyl (C=O) groups excluding carboxylic acids is 1. The predicted octanol–water partition coefficient (Wildman–Crippen LogP) is 2.22. The molecule has 7 nitrogen and oxygen atoms in total. The van der Waals surface area contributed by atoms with E-state index in [1.54, 1.807) is 24.3 Å². The van der Waals surface area contributed by atoms with Crippen LogP contribution in [0.15, 0.2) is 61.6 Å². The van der Waals surface area contributed by atoms with Crippen molar-refractivity contribution in [1.29, 1.82) is 0 Å². The molecule has 0 saturated carbocycles. The third-order valence-electron chi connectivity index (χ3n) is 3.24. The third-order valence-corrected chi connectivity index (χ3v) is 3.24. The van der Waals surface area contributed by atoms with E-state index in [2.05, 4.69) is 10.5 Å². The number of nitrogens with one attached hydrogen (secondary N) is 1. The number of rotatable bonds is 5. The summed E-state index contributed by atoms with van der Waals surface area (Å²) in [6, 6.07) is 8.19. The zero-order chi connectivity index (χ0) is 16.9. The number of fused-ring (bicyclic) bond motifs is 1. The fourth-order valence-electron chi connectivity index (χ4n) is 2.10. The summed E-state index contributed by atoms with van der Waals surface area (Å²) in [5, 5.41) is 4.59. The molecule has 24 heavy (non-hydrogen) atoms. The summed E-state index contributed by atoms with van der Waals surface area (Å²) >= 11 is 0. The second-order valence-corrected chi connectivity index (χ2v) is 5.04. The molecule has 2 heterocycles. The minimum absolute atomic E-state index is 0.218. The Morgan fingerprint density at radius 1 is 1.33 bits per heavy atom. The topological polar surface area (TPSA) is 94.0 Å². The Morgan fingerprint density at radius 3 is 3.00 bits per heavy atom. The fourth-order valence-corrected chi connectivity index (χ4v) is 2.10. The minimum Gasteiger partial charge on any atom is -0.484 e. The van der Waals surface area contributed by atoms with Gasteiger partial charge >= 0.3 is 5.63 Å². The molecule has 0 atom stereocenters. The highest BCUT2D eigenvalue weighted by atomic mass is 16.5. The molecule has 0 spiro atoms. The van der Waals surface area contributed by atoms with Gasteiger partial charge in [-0.15, -0.1) is 0 Å². The number of hydrogen-bond donors (Lipinski definition) is 1. The molecule has 0 aliphatic heterocycles. The summed E-state index contributed by atoms with van der Waals surface area (Å²) < 4.78 is 15.4. The van der Waals surface area contributed by atoms with Gasteiger partial charge in [0.15, 0.2) is 6.61 Å². The molecule has 0 radical (unpaired) electrons. The van der Waals surface area contributed by atoms with Crippen LogP contribution in [0.25, 0.3) is 11.0 Å². The van der Waals surface area contributed by atoms with Gasteiger partial charge in [0, 0.05) is 23.1 Å². The lowest BCUT2D eigenvalue weighted by atomic mass is 10.1. The number of nitrogens with zero attached hydrogens (tertiary/aromatic N) is 1. The predicted molar refractivity (Wildman–Crippen MR) is 87.2 cm³/mol. The van der Waals surface area contributed by atoms with Crippen molar-refractivity contribution >= 4 is 23.1 Å². The quantitative estimate of drug-likeness (QED) is 0.441. The molecule has 0 unspecified atom stereocenters. The maximum atomic E-state index is 11.7. The molecular formula is C17H14N2O5. The number of hydrazone groups is 1. The van der Waals surface area contributed by atoms with E-state index in [1.807, 2.05) is 6.92 Å². The standard InChI is InChI=1S/C17H14N2O5/c1-11-6-17(21)24-15-7-13(2-3-14(11)15)23-10-16(20)19-18-8-12-4-5-22-9-12/h2-9H,10H2,1H3,(H,19,20). The molecule has 1 N–H and O–H groups in total. The Balaban J connectivity index is 1.61. The summed E-state index contributed by atoms with van der Waals surface area (Å²) in [5.74, 6) is 0.00532. The SMILES string of the molecule is Cc1cc(=O)oc2cc(OCC(=O)NN=Cc3ccoc3)ccc12. The maximum absolute atomic E-state index is 11.7. The molecule has 1 amide bonds. The van der Waals surface area contributed by atoms with E-state index in [0.717, 1.165) is 16.5 Å². The molecule has 2 aromatic heterocycles. The fraction of sp³-hybridized carbons (Fsp3) is 0.118. The summed E-state index contributed by atoms with van der Waals surface area (Å²) in [7, 11) is 0. The molecule has 7 heteroatoms. The van der Waals surface area contributed by atoms with Crippen LogP contribution < -0.4 is 15.8 Å². The van der Waals surface area contributed by atoms with Crippen LogP contribution in [-0.2, 0) is 4.79 Å². The van der Waals surface area contributed by atoms with Crippen LogP contribution in [-0.4, -0.2) is 18.7 Å². The Bertz CT molecular complexity index is 941. The zero-order valence-electron chi connectivity index (χ0n) is 12.8. The van der Waals surface area contributed by atoms with Crippen LogP contribution in [0.3, 0.4) is 0 Å². The van der Waals surface area contributed by atoms with Crippen molar-refractivity contribution < 1.29 is 18.4 Å². The van der Waals surface area contributed by atoms with Crippen LogP contribution in [0.4, 0.5) is 0 Å². The van der Waals surface area contributed by atoms with E-state index in [4.69, 9.17) is 13.6 Å². The highest BCUT2D eigenvalue weighted by Crippen LogP contribution is 2.22. The van der Waals surface area contributed by atoms with Crippen LogP contribution in [0.2, 0.25) is 0 Å². The first kappa shape index (κ1) is 15.5. The van der Waals surface area contributed by atoms with Gasteiger partial charge in [-0.1, -0.05) is 0 Å². The van der Waals surface area contributed by atoms with Crippen molar-refractivity contribution in [2.45, 2.75) is 6.92 Å². The largest absolute Gasteiger partial charge is 0.484 e. The van der Waals surface area contributed by atoms with Gasteiger partial charge in [0.1, 0.15) is 11.3 Å². The van der Waals surface area contributed by atoms with Crippen molar-refractivity contribution in [3.05, 3.63) is 64.4 Å². The summed E-state index contributed by atoms with van der Waals surface area (Å²) in [6.45, 7) is 1.61. The Kier molecular flexibility index (Phi) is 4.42. The smallest absolute Gasteiger partial charge is 0.336 e. The molecule has 122 valence electrons. The second kappa shape index (κ2) is 6.82. The van der Waals surface area contributed by atoms with E-state index in [-0.39, 0.29) is 6.61 Å². The molecule has 1 aromatic carbocycles. The van der Waals surface area contributed by atoms with Crippen LogP contribution in [0.5, 0.6) is 5.75 Å². The number of aryl methyl sites for hydroxylation is 1. The molecule has 3 rings (SSSR count). The number of furan rings is 1. The first-order chi connectivity index (χ1) is 11.6. The van der Waals surface area contributed by atoms with Gasteiger partial charge in [-0.05, 0) is 30.7 Å². The lowest BCUT2D eigenvalue weighted by Gasteiger charge is -2.06. The van der Waals surface area contributed by atoms with Crippen molar-refractivity contribution in [1.82, 2.24) is 5.43 Å². The summed E-state index contributed by atoms with van der Waals surface area (Å²) in [4.78, 5) is 23.1. The minimum atomic E-state index is -0.427. The Hall–Kier alpha value is -3.35. The first-order valence-corrected chi connectivity index (χ1v) is 7.13. The normalized spacial score (nSPS) is 11.0. The lowest BCUT2D eigenvalue weighted by Crippen LogP contribution is -2.24.